The number of piperidine rings is 1. The summed E-state index contributed by atoms with van der Waals surface area (Å²) in [5.74, 6) is 1.40. The van der Waals surface area contributed by atoms with Crippen LogP contribution in [0.3, 0.4) is 0 Å². The number of benzene rings is 1. The molecular weight excluding hydrogens is 320 g/mol. The summed E-state index contributed by atoms with van der Waals surface area (Å²) in [6.07, 6.45) is 2.58. The van der Waals surface area contributed by atoms with E-state index in [0.29, 0.717) is 18.0 Å². The standard InChI is InChI=1S/C19H32N4.ClH/c1-15(2)14-23-10-8-18(9-11-23)20-12-17-13-21-22-19(17)16-6-4-3-5-7-16;/h3-7,15,17-22H,8-14H2,1-2H3;1H. The number of rotatable bonds is 6. The lowest BCUT2D eigenvalue weighted by Crippen LogP contribution is -2.45. The fourth-order valence-corrected chi connectivity index (χ4v) is 3.90. The molecule has 1 aromatic carbocycles. The molecule has 136 valence electrons. The Labute approximate surface area is 153 Å². The highest BCUT2D eigenvalue weighted by molar-refractivity contribution is 5.85. The van der Waals surface area contributed by atoms with Gasteiger partial charge in [0.25, 0.3) is 0 Å². The summed E-state index contributed by atoms with van der Waals surface area (Å²) in [5, 5.41) is 3.83. The molecule has 0 radical (unpaired) electrons. The Hall–Kier alpha value is -0.650. The van der Waals surface area contributed by atoms with Crippen LogP contribution in [0.1, 0.15) is 38.3 Å². The van der Waals surface area contributed by atoms with Gasteiger partial charge in [-0.05, 0) is 37.4 Å². The molecule has 2 atom stereocenters. The van der Waals surface area contributed by atoms with Gasteiger partial charge >= 0.3 is 0 Å². The largest absolute Gasteiger partial charge is 0.313 e. The zero-order valence-electron chi connectivity index (χ0n) is 15.0. The van der Waals surface area contributed by atoms with Gasteiger partial charge in [-0.3, -0.25) is 5.43 Å². The van der Waals surface area contributed by atoms with Crippen molar-refractivity contribution in [3.8, 4) is 0 Å². The first-order valence-corrected chi connectivity index (χ1v) is 9.21. The van der Waals surface area contributed by atoms with Crippen molar-refractivity contribution in [1.82, 2.24) is 21.1 Å². The van der Waals surface area contributed by atoms with E-state index in [1.807, 2.05) is 0 Å². The molecule has 0 aromatic heterocycles. The van der Waals surface area contributed by atoms with Crippen molar-refractivity contribution in [3.05, 3.63) is 35.9 Å². The van der Waals surface area contributed by atoms with E-state index >= 15 is 0 Å². The lowest BCUT2D eigenvalue weighted by molar-refractivity contribution is 0.177. The number of hydrazine groups is 1. The first-order valence-electron chi connectivity index (χ1n) is 9.21. The average Bonchev–Trinajstić information content (AvgIpc) is 3.03. The monoisotopic (exact) mass is 352 g/mol. The van der Waals surface area contributed by atoms with Crippen molar-refractivity contribution in [1.29, 1.82) is 0 Å². The molecule has 2 fully saturated rings. The van der Waals surface area contributed by atoms with Crippen molar-refractivity contribution in [3.63, 3.8) is 0 Å². The molecule has 4 nitrogen and oxygen atoms in total. The van der Waals surface area contributed by atoms with Gasteiger partial charge in [-0.25, -0.2) is 5.43 Å². The second-order valence-corrected chi connectivity index (χ2v) is 7.55. The molecule has 0 aliphatic carbocycles. The summed E-state index contributed by atoms with van der Waals surface area (Å²) in [5.41, 5.74) is 8.17. The van der Waals surface area contributed by atoms with E-state index in [9.17, 15) is 0 Å². The minimum Gasteiger partial charge on any atom is -0.313 e. The highest BCUT2D eigenvalue weighted by atomic mass is 35.5. The van der Waals surface area contributed by atoms with Gasteiger partial charge in [0.1, 0.15) is 0 Å². The van der Waals surface area contributed by atoms with Crippen molar-refractivity contribution >= 4 is 12.4 Å². The highest BCUT2D eigenvalue weighted by Gasteiger charge is 2.29. The predicted molar refractivity (Wildman–Crippen MR) is 103 cm³/mol. The first kappa shape index (κ1) is 19.7. The molecular formula is C19H33ClN4. The Morgan fingerprint density at radius 1 is 1.17 bits per heavy atom. The maximum Gasteiger partial charge on any atom is 0.0515 e. The van der Waals surface area contributed by atoms with E-state index in [-0.39, 0.29) is 12.4 Å². The van der Waals surface area contributed by atoms with E-state index in [2.05, 4.69) is 65.2 Å². The van der Waals surface area contributed by atoms with Gasteiger partial charge in [-0.1, -0.05) is 44.2 Å². The van der Waals surface area contributed by atoms with Crippen LogP contribution < -0.4 is 16.2 Å². The number of hydrogen-bond donors (Lipinski definition) is 3. The lowest BCUT2D eigenvalue weighted by Gasteiger charge is -2.34. The van der Waals surface area contributed by atoms with Crippen LogP contribution in [0, 0.1) is 11.8 Å². The quantitative estimate of drug-likeness (QED) is 0.736. The van der Waals surface area contributed by atoms with Gasteiger partial charge in [0.15, 0.2) is 0 Å². The lowest BCUT2D eigenvalue weighted by atomic mass is 9.94. The number of hydrogen-bond acceptors (Lipinski definition) is 4. The summed E-state index contributed by atoms with van der Waals surface area (Å²) < 4.78 is 0. The minimum absolute atomic E-state index is 0. The van der Waals surface area contributed by atoms with Crippen LogP contribution in [0.4, 0.5) is 0 Å². The summed E-state index contributed by atoms with van der Waals surface area (Å²) in [7, 11) is 0. The highest BCUT2D eigenvalue weighted by Crippen LogP contribution is 2.24. The smallest absolute Gasteiger partial charge is 0.0515 e. The molecule has 0 saturated carbocycles. The van der Waals surface area contributed by atoms with Gasteiger partial charge in [0, 0.05) is 31.6 Å². The molecule has 5 heteroatoms. The van der Waals surface area contributed by atoms with Crippen LogP contribution in [-0.4, -0.2) is 43.7 Å². The van der Waals surface area contributed by atoms with Crippen molar-refractivity contribution in [2.24, 2.45) is 11.8 Å². The normalized spacial score (nSPS) is 25.8. The molecule has 1 aromatic rings. The summed E-state index contributed by atoms with van der Waals surface area (Å²) >= 11 is 0. The van der Waals surface area contributed by atoms with Gasteiger partial charge in [0.05, 0.1) is 6.04 Å². The zero-order chi connectivity index (χ0) is 16.1. The molecule has 2 aliphatic rings. The fourth-order valence-electron chi connectivity index (χ4n) is 3.90. The van der Waals surface area contributed by atoms with E-state index < -0.39 is 0 Å². The Balaban J connectivity index is 0.00000208. The van der Waals surface area contributed by atoms with Crippen LogP contribution in [0.2, 0.25) is 0 Å². The molecule has 0 bridgehead atoms. The second kappa shape index (κ2) is 9.73. The predicted octanol–water partition coefficient (Wildman–Crippen LogP) is 2.58. The first-order chi connectivity index (χ1) is 11.2. The second-order valence-electron chi connectivity index (χ2n) is 7.55. The fraction of sp³-hybridized carbons (Fsp3) is 0.684. The van der Waals surface area contributed by atoms with Crippen LogP contribution in [0.25, 0.3) is 0 Å². The third-order valence-corrected chi connectivity index (χ3v) is 5.13. The van der Waals surface area contributed by atoms with E-state index in [1.54, 1.807) is 0 Å². The van der Waals surface area contributed by atoms with E-state index in [4.69, 9.17) is 0 Å². The van der Waals surface area contributed by atoms with Crippen molar-refractivity contribution in [2.75, 3.05) is 32.7 Å². The van der Waals surface area contributed by atoms with E-state index in [1.165, 1.54) is 38.0 Å². The van der Waals surface area contributed by atoms with Gasteiger partial charge in [0.2, 0.25) is 0 Å². The molecule has 3 rings (SSSR count). The third-order valence-electron chi connectivity index (χ3n) is 5.13. The Morgan fingerprint density at radius 3 is 2.54 bits per heavy atom. The van der Waals surface area contributed by atoms with Crippen LogP contribution in [0.5, 0.6) is 0 Å². The maximum absolute atomic E-state index is 3.83. The third kappa shape index (κ3) is 5.43. The molecule has 3 N–H and O–H groups in total. The molecule has 2 unspecified atom stereocenters. The zero-order valence-corrected chi connectivity index (χ0v) is 15.8. The number of nitrogens with zero attached hydrogens (tertiary/aromatic N) is 1. The SMILES string of the molecule is CC(C)CN1CCC(NCC2CNNC2c2ccccc2)CC1.Cl. The van der Waals surface area contributed by atoms with Gasteiger partial charge in [-0.15, -0.1) is 12.4 Å². The van der Waals surface area contributed by atoms with Crippen molar-refractivity contribution in [2.45, 2.75) is 38.8 Å². The van der Waals surface area contributed by atoms with E-state index in [0.717, 1.165) is 19.0 Å². The van der Waals surface area contributed by atoms with Gasteiger partial charge < -0.3 is 10.2 Å². The Morgan fingerprint density at radius 2 is 1.88 bits per heavy atom. The molecule has 2 saturated heterocycles. The number of likely N-dealkylation sites (tertiary alicyclic amines) is 1. The average molecular weight is 353 g/mol. The maximum atomic E-state index is 3.83. The number of halogens is 1. The number of nitrogens with one attached hydrogen (secondary N) is 3. The summed E-state index contributed by atoms with van der Waals surface area (Å²) in [6.45, 7) is 10.5. The van der Waals surface area contributed by atoms with Gasteiger partial charge in [-0.2, -0.15) is 0 Å². The minimum atomic E-state index is 0. The molecule has 2 heterocycles. The molecule has 0 amide bonds. The van der Waals surface area contributed by atoms with Crippen LogP contribution in [-0.2, 0) is 0 Å². The van der Waals surface area contributed by atoms with Crippen LogP contribution in [0.15, 0.2) is 30.3 Å². The molecule has 24 heavy (non-hydrogen) atoms. The summed E-state index contributed by atoms with van der Waals surface area (Å²) in [4.78, 5) is 2.62. The summed E-state index contributed by atoms with van der Waals surface area (Å²) in [6, 6.07) is 11.9. The molecule has 0 spiro atoms. The Kier molecular flexibility index (Phi) is 7.98. The van der Waals surface area contributed by atoms with Crippen LogP contribution >= 0.6 is 12.4 Å². The molecule has 2 aliphatic heterocycles. The topological polar surface area (TPSA) is 39.3 Å². The Bertz CT molecular complexity index is 460. The van der Waals surface area contributed by atoms with Crippen molar-refractivity contribution < 1.29 is 0 Å².